The number of benzene rings is 1. The number of aromatic nitrogens is 3. The Morgan fingerprint density at radius 1 is 1.03 bits per heavy atom. The van der Waals surface area contributed by atoms with Crippen LogP contribution in [0.3, 0.4) is 0 Å². The van der Waals surface area contributed by atoms with Gasteiger partial charge in [0.2, 0.25) is 0 Å². The second-order valence-corrected chi connectivity index (χ2v) is 8.78. The lowest BCUT2D eigenvalue weighted by atomic mass is 9.93. The first-order chi connectivity index (χ1) is 14.7. The van der Waals surface area contributed by atoms with Gasteiger partial charge in [-0.3, -0.25) is 5.32 Å². The molecule has 8 nitrogen and oxygen atoms in total. The highest BCUT2D eigenvalue weighted by atomic mass is 16.5. The maximum absolute atomic E-state index is 12.2. The molecule has 0 aliphatic heterocycles. The smallest absolute Gasteiger partial charge is 0.324 e. The Labute approximate surface area is 183 Å². The minimum absolute atomic E-state index is 0.173. The molecule has 0 spiro atoms. The van der Waals surface area contributed by atoms with Crippen LogP contribution < -0.4 is 10.6 Å². The van der Waals surface area contributed by atoms with Gasteiger partial charge in [0, 0.05) is 41.5 Å². The van der Waals surface area contributed by atoms with Crippen molar-refractivity contribution >= 4 is 17.5 Å². The third-order valence-corrected chi connectivity index (χ3v) is 4.68. The molecule has 0 fully saturated rings. The van der Waals surface area contributed by atoms with Crippen molar-refractivity contribution in [1.82, 2.24) is 20.0 Å². The molecule has 0 bridgehead atoms. The highest BCUT2D eigenvalue weighted by Gasteiger charge is 2.20. The van der Waals surface area contributed by atoms with Crippen LogP contribution >= 0.6 is 0 Å². The predicted octanol–water partition coefficient (Wildman–Crippen LogP) is 4.57. The number of nitrogens with zero attached hydrogens (tertiary/aromatic N) is 4. The van der Waals surface area contributed by atoms with Gasteiger partial charge < -0.3 is 14.7 Å². The first kappa shape index (κ1) is 22.4. The summed E-state index contributed by atoms with van der Waals surface area (Å²) in [5.41, 5.74) is 2.41. The Hall–Kier alpha value is -3.26. The standard InChI is InChI=1S/C23H30N6O2/c1-23(2,3)19-13-21(28-31-19)27-22(30)26-18-10-8-16(9-11-18)17-14-24-20(25-15-17)7-6-12-29(4)5/h8-11,13-15H,6-7,12H2,1-5H3,(H2,26,27,28,30). The molecule has 0 aliphatic carbocycles. The molecule has 3 rings (SSSR count). The molecule has 164 valence electrons. The summed E-state index contributed by atoms with van der Waals surface area (Å²) in [6, 6.07) is 8.87. The zero-order valence-corrected chi connectivity index (χ0v) is 18.8. The van der Waals surface area contributed by atoms with E-state index in [0.29, 0.717) is 17.3 Å². The quantitative estimate of drug-likeness (QED) is 0.579. The molecule has 0 radical (unpaired) electrons. The van der Waals surface area contributed by atoms with Crippen LogP contribution in [0, 0.1) is 0 Å². The average molecular weight is 423 g/mol. The zero-order valence-electron chi connectivity index (χ0n) is 18.8. The number of hydrogen-bond donors (Lipinski definition) is 2. The molecule has 0 aliphatic rings. The second-order valence-electron chi connectivity index (χ2n) is 8.78. The molecule has 31 heavy (non-hydrogen) atoms. The van der Waals surface area contributed by atoms with Gasteiger partial charge in [0.15, 0.2) is 5.82 Å². The van der Waals surface area contributed by atoms with Gasteiger partial charge in [-0.2, -0.15) is 0 Å². The van der Waals surface area contributed by atoms with Gasteiger partial charge in [0.05, 0.1) is 0 Å². The summed E-state index contributed by atoms with van der Waals surface area (Å²) in [4.78, 5) is 23.3. The van der Waals surface area contributed by atoms with Gasteiger partial charge in [-0.25, -0.2) is 14.8 Å². The summed E-state index contributed by atoms with van der Waals surface area (Å²) in [7, 11) is 4.12. The minimum Gasteiger partial charge on any atom is -0.359 e. The van der Waals surface area contributed by atoms with Gasteiger partial charge in [0.1, 0.15) is 11.6 Å². The number of hydrogen-bond acceptors (Lipinski definition) is 6. The molecule has 8 heteroatoms. The number of aryl methyl sites for hydroxylation is 1. The predicted molar refractivity (Wildman–Crippen MR) is 122 cm³/mol. The molecule has 2 heterocycles. The number of nitrogens with one attached hydrogen (secondary N) is 2. The third-order valence-electron chi connectivity index (χ3n) is 4.68. The van der Waals surface area contributed by atoms with E-state index in [9.17, 15) is 4.79 Å². The summed E-state index contributed by atoms with van der Waals surface area (Å²) in [6.45, 7) is 7.07. The molecule has 0 atom stereocenters. The van der Waals surface area contributed by atoms with E-state index in [0.717, 1.165) is 36.3 Å². The molecule has 0 unspecified atom stereocenters. The van der Waals surface area contributed by atoms with Gasteiger partial charge >= 0.3 is 6.03 Å². The van der Waals surface area contributed by atoms with Crippen LogP contribution in [-0.4, -0.2) is 46.7 Å². The lowest BCUT2D eigenvalue weighted by Gasteiger charge is -2.12. The van der Waals surface area contributed by atoms with E-state index in [2.05, 4.69) is 44.8 Å². The fourth-order valence-electron chi connectivity index (χ4n) is 2.90. The number of carbonyl (C=O) groups is 1. The Morgan fingerprint density at radius 2 is 1.71 bits per heavy atom. The number of amides is 2. The second kappa shape index (κ2) is 9.70. The molecule has 2 N–H and O–H groups in total. The van der Waals surface area contributed by atoms with E-state index in [1.54, 1.807) is 6.07 Å². The molecular weight excluding hydrogens is 392 g/mol. The summed E-state index contributed by atoms with van der Waals surface area (Å²) < 4.78 is 5.28. The molecule has 0 saturated carbocycles. The van der Waals surface area contributed by atoms with Crippen molar-refractivity contribution in [2.75, 3.05) is 31.3 Å². The molecule has 0 saturated heterocycles. The molecular formula is C23H30N6O2. The van der Waals surface area contributed by atoms with Crippen molar-refractivity contribution in [2.24, 2.45) is 0 Å². The van der Waals surface area contributed by atoms with Crippen LogP contribution in [0.1, 0.15) is 38.8 Å². The first-order valence-electron chi connectivity index (χ1n) is 10.3. The summed E-state index contributed by atoms with van der Waals surface area (Å²) in [6.07, 6.45) is 5.56. The van der Waals surface area contributed by atoms with E-state index in [1.807, 2.05) is 57.4 Å². The summed E-state index contributed by atoms with van der Waals surface area (Å²) in [5.74, 6) is 1.93. The summed E-state index contributed by atoms with van der Waals surface area (Å²) >= 11 is 0. The zero-order chi connectivity index (χ0) is 22.4. The van der Waals surface area contributed by atoms with Gasteiger partial charge in [0.25, 0.3) is 0 Å². The molecule has 2 aromatic heterocycles. The van der Waals surface area contributed by atoms with Crippen LogP contribution in [0.25, 0.3) is 11.1 Å². The van der Waals surface area contributed by atoms with Crippen molar-refractivity contribution in [3.8, 4) is 11.1 Å². The monoisotopic (exact) mass is 422 g/mol. The number of anilines is 2. The Morgan fingerprint density at radius 3 is 2.29 bits per heavy atom. The fourth-order valence-corrected chi connectivity index (χ4v) is 2.90. The lowest BCUT2D eigenvalue weighted by molar-refractivity contribution is 0.262. The topological polar surface area (TPSA) is 96.2 Å². The van der Waals surface area contributed by atoms with Crippen LogP contribution in [0.2, 0.25) is 0 Å². The van der Waals surface area contributed by atoms with Crippen LogP contribution in [-0.2, 0) is 11.8 Å². The van der Waals surface area contributed by atoms with Gasteiger partial charge in [-0.15, -0.1) is 0 Å². The van der Waals surface area contributed by atoms with Crippen molar-refractivity contribution in [1.29, 1.82) is 0 Å². The number of carbonyl (C=O) groups excluding carboxylic acids is 1. The summed E-state index contributed by atoms with van der Waals surface area (Å²) in [5, 5.41) is 9.36. The average Bonchev–Trinajstić information content (AvgIpc) is 3.18. The van der Waals surface area contributed by atoms with Crippen LogP contribution in [0.15, 0.2) is 47.2 Å². The largest absolute Gasteiger partial charge is 0.359 e. The normalized spacial score (nSPS) is 11.5. The van der Waals surface area contributed by atoms with Crippen LogP contribution in [0.5, 0.6) is 0 Å². The van der Waals surface area contributed by atoms with Crippen molar-refractivity contribution in [3.63, 3.8) is 0 Å². The van der Waals surface area contributed by atoms with Gasteiger partial charge in [-0.05, 0) is 44.8 Å². The maximum Gasteiger partial charge on any atom is 0.324 e. The SMILES string of the molecule is CN(C)CCCc1ncc(-c2ccc(NC(=O)Nc3cc(C(C)(C)C)on3)cc2)cn1. The first-order valence-corrected chi connectivity index (χ1v) is 10.3. The Bertz CT molecular complexity index is 988. The number of urea groups is 1. The van der Waals surface area contributed by atoms with Crippen molar-refractivity contribution in [3.05, 3.63) is 54.3 Å². The van der Waals surface area contributed by atoms with E-state index < -0.39 is 0 Å². The van der Waals surface area contributed by atoms with E-state index in [1.165, 1.54) is 0 Å². The fraction of sp³-hybridized carbons (Fsp3) is 0.391. The van der Waals surface area contributed by atoms with Crippen molar-refractivity contribution < 1.29 is 9.32 Å². The highest BCUT2D eigenvalue weighted by Crippen LogP contribution is 2.24. The number of rotatable bonds is 7. The maximum atomic E-state index is 12.2. The van der Waals surface area contributed by atoms with E-state index in [-0.39, 0.29) is 11.4 Å². The molecule has 3 aromatic rings. The van der Waals surface area contributed by atoms with Gasteiger partial charge in [-0.1, -0.05) is 38.1 Å². The third kappa shape index (κ3) is 6.62. The Kier molecular flexibility index (Phi) is 7.02. The molecule has 2 amide bonds. The van der Waals surface area contributed by atoms with E-state index in [4.69, 9.17) is 4.52 Å². The van der Waals surface area contributed by atoms with Crippen LogP contribution in [0.4, 0.5) is 16.3 Å². The van der Waals surface area contributed by atoms with Crippen molar-refractivity contribution in [2.45, 2.75) is 39.0 Å². The minimum atomic E-state index is -0.382. The lowest BCUT2D eigenvalue weighted by Crippen LogP contribution is -2.19. The van der Waals surface area contributed by atoms with E-state index >= 15 is 0 Å². The molecule has 1 aromatic carbocycles. The highest BCUT2D eigenvalue weighted by molar-refractivity contribution is 5.99. The Balaban J connectivity index is 1.55.